The quantitative estimate of drug-likeness (QED) is 0.316. The van der Waals surface area contributed by atoms with E-state index in [0.29, 0.717) is 0 Å². The monoisotopic (exact) mass is 358 g/mol. The van der Waals surface area contributed by atoms with E-state index >= 15 is 0 Å². The van der Waals surface area contributed by atoms with Crippen molar-refractivity contribution in [3.8, 4) is 5.82 Å². The van der Waals surface area contributed by atoms with Gasteiger partial charge in [-0.25, -0.2) is 4.98 Å². The van der Waals surface area contributed by atoms with Crippen LogP contribution in [0.4, 0.5) is 0 Å². The number of hydrogen-bond donors (Lipinski definition) is 0. The lowest BCUT2D eigenvalue weighted by Gasteiger charge is -2.09. The minimum absolute atomic E-state index is 0.958. The van der Waals surface area contributed by atoms with E-state index in [1.54, 1.807) is 0 Å². The van der Waals surface area contributed by atoms with Gasteiger partial charge in [-0.1, -0.05) is 60.7 Å². The first-order valence-electron chi connectivity index (χ1n) is 9.58. The van der Waals surface area contributed by atoms with Crippen LogP contribution in [0.1, 0.15) is 5.56 Å². The summed E-state index contributed by atoms with van der Waals surface area (Å²) in [5, 5.41) is 6.28. The molecule has 0 fully saturated rings. The molecule has 2 nitrogen and oxygen atoms in total. The van der Waals surface area contributed by atoms with Gasteiger partial charge in [0, 0.05) is 16.2 Å². The number of aryl methyl sites for hydroxylation is 1. The summed E-state index contributed by atoms with van der Waals surface area (Å²) in [5.74, 6) is 0.958. The number of hydrogen-bond acceptors (Lipinski definition) is 1. The summed E-state index contributed by atoms with van der Waals surface area (Å²) < 4.78 is 2.30. The Balaban J connectivity index is 1.82. The molecule has 2 aromatic heterocycles. The fourth-order valence-electron chi connectivity index (χ4n) is 4.32. The Morgan fingerprint density at radius 2 is 1.43 bits per heavy atom. The van der Waals surface area contributed by atoms with Crippen molar-refractivity contribution in [2.45, 2.75) is 6.92 Å². The molecule has 0 aliphatic heterocycles. The molecule has 132 valence electrons. The fraction of sp³-hybridized carbons (Fsp3) is 0.0385. The van der Waals surface area contributed by atoms with Gasteiger partial charge in [-0.3, -0.25) is 4.57 Å². The van der Waals surface area contributed by atoms with Gasteiger partial charge in [0.05, 0.1) is 16.6 Å². The van der Waals surface area contributed by atoms with Crippen LogP contribution in [0.25, 0.3) is 49.3 Å². The molecule has 6 rings (SSSR count). The van der Waals surface area contributed by atoms with E-state index < -0.39 is 0 Å². The van der Waals surface area contributed by atoms with Crippen molar-refractivity contribution in [3.05, 3.63) is 96.6 Å². The molecular formula is C26H18N2. The van der Waals surface area contributed by atoms with Gasteiger partial charge >= 0.3 is 0 Å². The summed E-state index contributed by atoms with van der Waals surface area (Å²) in [4.78, 5) is 4.99. The minimum atomic E-state index is 0.958. The van der Waals surface area contributed by atoms with E-state index in [1.807, 2.05) is 6.07 Å². The van der Waals surface area contributed by atoms with Crippen LogP contribution in [-0.2, 0) is 0 Å². The van der Waals surface area contributed by atoms with Crippen molar-refractivity contribution < 1.29 is 0 Å². The van der Waals surface area contributed by atoms with Crippen LogP contribution >= 0.6 is 0 Å². The van der Waals surface area contributed by atoms with Crippen LogP contribution in [-0.4, -0.2) is 9.55 Å². The van der Waals surface area contributed by atoms with Crippen molar-refractivity contribution in [1.29, 1.82) is 0 Å². The molecule has 2 heteroatoms. The molecule has 0 spiro atoms. The third-order valence-corrected chi connectivity index (χ3v) is 5.62. The van der Waals surface area contributed by atoms with Crippen LogP contribution < -0.4 is 0 Å². The second-order valence-corrected chi connectivity index (χ2v) is 7.40. The van der Waals surface area contributed by atoms with E-state index in [9.17, 15) is 0 Å². The predicted octanol–water partition coefficient (Wildman–Crippen LogP) is 6.79. The van der Waals surface area contributed by atoms with Gasteiger partial charge in [-0.15, -0.1) is 0 Å². The van der Waals surface area contributed by atoms with Gasteiger partial charge < -0.3 is 0 Å². The van der Waals surface area contributed by atoms with Crippen molar-refractivity contribution in [3.63, 3.8) is 0 Å². The molecule has 0 N–H and O–H groups in total. The van der Waals surface area contributed by atoms with Crippen molar-refractivity contribution in [1.82, 2.24) is 9.55 Å². The Morgan fingerprint density at radius 3 is 2.36 bits per heavy atom. The van der Waals surface area contributed by atoms with Crippen LogP contribution in [0.2, 0.25) is 0 Å². The lowest BCUT2D eigenvalue weighted by atomic mass is 10.0. The molecular weight excluding hydrogens is 340 g/mol. The molecule has 0 aliphatic rings. The summed E-state index contributed by atoms with van der Waals surface area (Å²) in [7, 11) is 0. The first-order valence-corrected chi connectivity index (χ1v) is 9.58. The van der Waals surface area contributed by atoms with Crippen LogP contribution in [0, 0.1) is 6.92 Å². The zero-order chi connectivity index (χ0) is 18.7. The second kappa shape index (κ2) is 5.67. The van der Waals surface area contributed by atoms with Gasteiger partial charge in [-0.05, 0) is 53.6 Å². The normalized spacial score (nSPS) is 11.8. The van der Waals surface area contributed by atoms with Crippen LogP contribution in [0.5, 0.6) is 0 Å². The summed E-state index contributed by atoms with van der Waals surface area (Å²) in [6.45, 7) is 2.15. The Bertz CT molecular complexity index is 1520. The first-order chi connectivity index (χ1) is 13.8. The van der Waals surface area contributed by atoms with Crippen molar-refractivity contribution in [2.24, 2.45) is 0 Å². The molecule has 6 aromatic rings. The molecule has 0 bridgehead atoms. The van der Waals surface area contributed by atoms with Crippen molar-refractivity contribution in [2.75, 3.05) is 0 Å². The highest BCUT2D eigenvalue weighted by Crippen LogP contribution is 2.37. The molecule has 0 atom stereocenters. The first kappa shape index (κ1) is 15.4. The lowest BCUT2D eigenvalue weighted by molar-refractivity contribution is 1.10. The summed E-state index contributed by atoms with van der Waals surface area (Å²) in [5.41, 5.74) is 4.67. The number of para-hydroxylation sites is 1. The molecule has 2 heterocycles. The smallest absolute Gasteiger partial charge is 0.138 e. The highest BCUT2D eigenvalue weighted by Gasteiger charge is 2.15. The van der Waals surface area contributed by atoms with Gasteiger partial charge in [0.15, 0.2) is 0 Å². The number of fused-ring (bicyclic) bond motifs is 6. The number of rotatable bonds is 1. The number of pyridine rings is 1. The Morgan fingerprint density at radius 1 is 0.643 bits per heavy atom. The fourth-order valence-corrected chi connectivity index (χ4v) is 4.32. The summed E-state index contributed by atoms with van der Waals surface area (Å²) in [6, 6.07) is 32.3. The topological polar surface area (TPSA) is 17.8 Å². The highest BCUT2D eigenvalue weighted by atomic mass is 15.1. The van der Waals surface area contributed by atoms with Crippen LogP contribution in [0.15, 0.2) is 91.0 Å². The van der Waals surface area contributed by atoms with Gasteiger partial charge in [0.25, 0.3) is 0 Å². The molecule has 0 saturated carbocycles. The van der Waals surface area contributed by atoms with E-state index in [-0.39, 0.29) is 0 Å². The third-order valence-electron chi connectivity index (χ3n) is 5.62. The molecule has 0 saturated heterocycles. The Hall–Kier alpha value is -3.65. The number of nitrogens with zero attached hydrogens (tertiary/aromatic N) is 2. The zero-order valence-electron chi connectivity index (χ0n) is 15.6. The SMILES string of the molecule is Cc1ccc2c3c4ccccc4ccc3n(-c3ccc4ccccc4n3)c2c1. The Labute approximate surface area is 162 Å². The molecule has 4 aromatic carbocycles. The molecule has 0 radical (unpaired) electrons. The highest BCUT2D eigenvalue weighted by molar-refractivity contribution is 6.21. The standard InChI is InChI=1S/C26H18N2/c1-17-10-13-21-24(16-17)28(25-15-12-19-7-3-5-9-22(19)27-25)23-14-11-18-6-2-4-8-20(18)26(21)23/h2-16H,1H3. The maximum absolute atomic E-state index is 4.99. The lowest BCUT2D eigenvalue weighted by Crippen LogP contribution is -1.97. The number of benzene rings is 4. The van der Waals surface area contributed by atoms with E-state index in [2.05, 4.69) is 96.4 Å². The maximum Gasteiger partial charge on any atom is 0.138 e. The van der Waals surface area contributed by atoms with E-state index in [4.69, 9.17) is 4.98 Å². The third kappa shape index (κ3) is 2.12. The molecule has 0 amide bonds. The van der Waals surface area contributed by atoms with Gasteiger partial charge in [0.2, 0.25) is 0 Å². The van der Waals surface area contributed by atoms with Crippen molar-refractivity contribution >= 4 is 43.5 Å². The van der Waals surface area contributed by atoms with E-state index in [1.165, 1.54) is 38.1 Å². The second-order valence-electron chi connectivity index (χ2n) is 7.40. The molecule has 28 heavy (non-hydrogen) atoms. The summed E-state index contributed by atoms with van der Waals surface area (Å²) >= 11 is 0. The van der Waals surface area contributed by atoms with Gasteiger partial charge in [-0.2, -0.15) is 0 Å². The minimum Gasteiger partial charge on any atom is -0.294 e. The average Bonchev–Trinajstić information content (AvgIpc) is 3.07. The number of aromatic nitrogens is 2. The average molecular weight is 358 g/mol. The Kier molecular flexibility index (Phi) is 3.12. The zero-order valence-corrected chi connectivity index (χ0v) is 15.6. The molecule has 0 unspecified atom stereocenters. The largest absolute Gasteiger partial charge is 0.294 e. The maximum atomic E-state index is 4.99. The van der Waals surface area contributed by atoms with E-state index in [0.717, 1.165) is 16.7 Å². The van der Waals surface area contributed by atoms with Gasteiger partial charge in [0.1, 0.15) is 5.82 Å². The molecule has 0 aliphatic carbocycles. The predicted molar refractivity (Wildman–Crippen MR) is 118 cm³/mol. The van der Waals surface area contributed by atoms with Crippen LogP contribution in [0.3, 0.4) is 0 Å². The summed E-state index contributed by atoms with van der Waals surface area (Å²) in [6.07, 6.45) is 0.